The van der Waals surface area contributed by atoms with Crippen LogP contribution in [-0.4, -0.2) is 19.6 Å². The van der Waals surface area contributed by atoms with Crippen molar-refractivity contribution in [3.63, 3.8) is 0 Å². The maximum atomic E-state index is 11.1. The number of imidazole rings is 1. The second-order valence-electron chi connectivity index (χ2n) is 6.75. The highest BCUT2D eigenvalue weighted by molar-refractivity contribution is 7.99. The van der Waals surface area contributed by atoms with Gasteiger partial charge in [0.05, 0.1) is 17.2 Å². The van der Waals surface area contributed by atoms with E-state index in [0.29, 0.717) is 22.4 Å². The van der Waals surface area contributed by atoms with Gasteiger partial charge in [-0.1, -0.05) is 60.9 Å². The molecule has 0 spiro atoms. The molecule has 1 N–H and O–H groups in total. The molecule has 0 atom stereocenters. The highest BCUT2D eigenvalue weighted by Crippen LogP contribution is 2.37. The molecular weight excluding hydrogens is 469 g/mol. The Morgan fingerprint density at radius 1 is 1.20 bits per heavy atom. The van der Waals surface area contributed by atoms with Crippen LogP contribution in [0, 0.1) is 10.1 Å². The molecule has 3 rings (SSSR count). The summed E-state index contributed by atoms with van der Waals surface area (Å²) in [7, 11) is 0. The van der Waals surface area contributed by atoms with Gasteiger partial charge in [-0.05, 0) is 29.7 Å². The minimum absolute atomic E-state index is 0. The molecule has 0 aliphatic carbocycles. The van der Waals surface area contributed by atoms with Crippen molar-refractivity contribution in [2.45, 2.75) is 42.8 Å². The van der Waals surface area contributed by atoms with E-state index in [1.54, 1.807) is 12.1 Å². The van der Waals surface area contributed by atoms with Crippen molar-refractivity contribution < 1.29 is 10.0 Å². The Bertz CT molecular complexity index is 1040. The van der Waals surface area contributed by atoms with Crippen LogP contribution >= 0.6 is 47.4 Å². The molecule has 2 aromatic carbocycles. The molecule has 160 valence electrons. The van der Waals surface area contributed by atoms with Crippen molar-refractivity contribution in [3.8, 4) is 0 Å². The molecule has 0 bridgehead atoms. The first-order valence-electron chi connectivity index (χ1n) is 8.86. The fourth-order valence-electron chi connectivity index (χ4n) is 2.92. The van der Waals surface area contributed by atoms with Gasteiger partial charge in [0.15, 0.2) is 0 Å². The highest BCUT2D eigenvalue weighted by Gasteiger charge is 2.21. The van der Waals surface area contributed by atoms with Crippen LogP contribution in [0.5, 0.6) is 0 Å². The van der Waals surface area contributed by atoms with E-state index in [0.717, 1.165) is 21.2 Å². The summed E-state index contributed by atoms with van der Waals surface area (Å²) in [6, 6.07) is 11.7. The molecule has 0 saturated carbocycles. The fourth-order valence-corrected chi connectivity index (χ4v) is 4.84. The summed E-state index contributed by atoms with van der Waals surface area (Å²) in [4.78, 5) is 16.1. The number of rotatable bonds is 7. The standard InChI is InChI=1S/C20H19Cl2N3O3S.ClH/c1-12(2)19-20(29-17-8-14(21)7-15(22)9-17)24(18(11-26)23-19)10-13-4-3-5-16(6-13)25(27)28;/h3-9,12,26H,10-11H2,1-2H3;1H. The monoisotopic (exact) mass is 487 g/mol. The zero-order valence-corrected chi connectivity index (χ0v) is 19.4. The molecule has 1 aromatic heterocycles. The maximum absolute atomic E-state index is 11.1. The molecule has 0 saturated heterocycles. The lowest BCUT2D eigenvalue weighted by atomic mass is 10.1. The van der Waals surface area contributed by atoms with E-state index in [4.69, 9.17) is 23.2 Å². The molecule has 0 fully saturated rings. The van der Waals surface area contributed by atoms with Gasteiger partial charge in [-0.2, -0.15) is 0 Å². The van der Waals surface area contributed by atoms with E-state index in [9.17, 15) is 15.2 Å². The average molecular weight is 489 g/mol. The lowest BCUT2D eigenvalue weighted by Gasteiger charge is -2.13. The SMILES string of the molecule is CC(C)c1nc(CO)n(Cc2cccc([N+](=O)[O-])c2)c1Sc1cc(Cl)cc(Cl)c1.Cl. The molecule has 0 aliphatic heterocycles. The number of nitro groups is 1. The Morgan fingerprint density at radius 3 is 2.43 bits per heavy atom. The Hall–Kier alpha value is -1.77. The summed E-state index contributed by atoms with van der Waals surface area (Å²) in [6.45, 7) is 4.14. The van der Waals surface area contributed by atoms with Crippen molar-refractivity contribution in [1.82, 2.24) is 9.55 Å². The maximum Gasteiger partial charge on any atom is 0.269 e. The van der Waals surface area contributed by atoms with Crippen molar-refractivity contribution >= 4 is 53.1 Å². The topological polar surface area (TPSA) is 81.2 Å². The molecular formula is C20H20Cl3N3O3S. The van der Waals surface area contributed by atoms with Crippen molar-refractivity contribution in [1.29, 1.82) is 0 Å². The molecule has 0 radical (unpaired) electrons. The van der Waals surface area contributed by atoms with Crippen LogP contribution in [0.4, 0.5) is 5.69 Å². The zero-order valence-electron chi connectivity index (χ0n) is 16.2. The van der Waals surface area contributed by atoms with Gasteiger partial charge in [-0.3, -0.25) is 10.1 Å². The van der Waals surface area contributed by atoms with Gasteiger partial charge in [-0.15, -0.1) is 12.4 Å². The third-order valence-electron chi connectivity index (χ3n) is 4.23. The summed E-state index contributed by atoms with van der Waals surface area (Å²) in [5.41, 5.74) is 1.60. The zero-order chi connectivity index (χ0) is 21.1. The van der Waals surface area contributed by atoms with E-state index < -0.39 is 4.92 Å². The molecule has 6 nitrogen and oxygen atoms in total. The number of aromatic nitrogens is 2. The van der Waals surface area contributed by atoms with E-state index >= 15 is 0 Å². The Labute approximate surface area is 194 Å². The van der Waals surface area contributed by atoms with Gasteiger partial charge >= 0.3 is 0 Å². The lowest BCUT2D eigenvalue weighted by Crippen LogP contribution is -2.07. The number of aliphatic hydroxyl groups excluding tert-OH is 1. The second kappa shape index (κ2) is 10.5. The van der Waals surface area contributed by atoms with E-state index in [1.165, 1.54) is 23.9 Å². The van der Waals surface area contributed by atoms with E-state index in [2.05, 4.69) is 4.98 Å². The van der Waals surface area contributed by atoms with Gasteiger partial charge in [0.1, 0.15) is 17.5 Å². The number of hydrogen-bond donors (Lipinski definition) is 1. The molecule has 3 aromatic rings. The molecule has 0 unspecified atom stereocenters. The van der Waals surface area contributed by atoms with Crippen LogP contribution in [0.2, 0.25) is 10.0 Å². The number of halogens is 3. The van der Waals surface area contributed by atoms with Crippen molar-refractivity contribution in [2.24, 2.45) is 0 Å². The van der Waals surface area contributed by atoms with Crippen LogP contribution < -0.4 is 0 Å². The van der Waals surface area contributed by atoms with E-state index in [1.807, 2.05) is 36.6 Å². The molecule has 30 heavy (non-hydrogen) atoms. The van der Waals surface area contributed by atoms with Crippen LogP contribution in [0.15, 0.2) is 52.4 Å². The molecule has 10 heteroatoms. The number of hydrogen-bond acceptors (Lipinski definition) is 5. The Balaban J connectivity index is 0.00000320. The number of nitro benzene ring substituents is 1. The predicted molar refractivity (Wildman–Crippen MR) is 122 cm³/mol. The third-order valence-corrected chi connectivity index (χ3v) is 5.76. The first-order valence-corrected chi connectivity index (χ1v) is 10.4. The summed E-state index contributed by atoms with van der Waals surface area (Å²) in [5.74, 6) is 0.611. The highest BCUT2D eigenvalue weighted by atomic mass is 35.5. The number of nitrogens with zero attached hydrogens (tertiary/aromatic N) is 3. The molecule has 0 aliphatic rings. The first-order chi connectivity index (χ1) is 13.8. The Morgan fingerprint density at radius 2 is 1.87 bits per heavy atom. The van der Waals surface area contributed by atoms with Crippen LogP contribution in [0.1, 0.15) is 36.8 Å². The van der Waals surface area contributed by atoms with Crippen molar-refractivity contribution in [2.75, 3.05) is 0 Å². The largest absolute Gasteiger partial charge is 0.388 e. The van der Waals surface area contributed by atoms with Gasteiger partial charge in [0.25, 0.3) is 5.69 Å². The van der Waals surface area contributed by atoms with Gasteiger partial charge in [-0.25, -0.2) is 4.98 Å². The van der Waals surface area contributed by atoms with Crippen LogP contribution in [0.3, 0.4) is 0 Å². The third kappa shape index (κ3) is 5.68. The van der Waals surface area contributed by atoms with Crippen molar-refractivity contribution in [3.05, 3.63) is 79.7 Å². The van der Waals surface area contributed by atoms with Gasteiger partial charge < -0.3 is 9.67 Å². The molecule has 1 heterocycles. The Kier molecular flexibility index (Phi) is 8.58. The van der Waals surface area contributed by atoms with Gasteiger partial charge in [0, 0.05) is 27.1 Å². The number of non-ortho nitro benzene ring substituents is 1. The van der Waals surface area contributed by atoms with Crippen LogP contribution in [0.25, 0.3) is 0 Å². The summed E-state index contributed by atoms with van der Waals surface area (Å²) < 4.78 is 1.88. The number of benzene rings is 2. The summed E-state index contributed by atoms with van der Waals surface area (Å²) >= 11 is 13.7. The predicted octanol–water partition coefficient (Wildman–Crippen LogP) is 6.34. The second-order valence-corrected chi connectivity index (χ2v) is 8.69. The number of aliphatic hydroxyl groups is 1. The minimum Gasteiger partial charge on any atom is -0.388 e. The van der Waals surface area contributed by atoms with E-state index in [-0.39, 0.29) is 30.6 Å². The molecule has 0 amide bonds. The lowest BCUT2D eigenvalue weighted by molar-refractivity contribution is -0.384. The fraction of sp³-hybridized carbons (Fsp3) is 0.250. The summed E-state index contributed by atoms with van der Waals surface area (Å²) in [6.07, 6.45) is 0. The first kappa shape index (κ1) is 24.5. The normalized spacial score (nSPS) is 10.9. The van der Waals surface area contributed by atoms with Crippen LogP contribution in [-0.2, 0) is 13.2 Å². The quantitative estimate of drug-likeness (QED) is 0.310. The average Bonchev–Trinajstić information content (AvgIpc) is 2.98. The smallest absolute Gasteiger partial charge is 0.269 e. The summed E-state index contributed by atoms with van der Waals surface area (Å²) in [5, 5.41) is 22.9. The van der Waals surface area contributed by atoms with Gasteiger partial charge in [0.2, 0.25) is 0 Å². The minimum atomic E-state index is -0.423.